The summed E-state index contributed by atoms with van der Waals surface area (Å²) in [5, 5.41) is 9.69. The van der Waals surface area contributed by atoms with E-state index < -0.39 is 0 Å². The van der Waals surface area contributed by atoms with Crippen molar-refractivity contribution in [2.45, 2.75) is 6.54 Å². The first-order chi connectivity index (χ1) is 11.8. The Labute approximate surface area is 140 Å². The highest BCUT2D eigenvalue weighted by Gasteiger charge is 2.20. The molecule has 0 radical (unpaired) electrons. The molecule has 0 saturated carbocycles. The van der Waals surface area contributed by atoms with Gasteiger partial charge in [0.2, 0.25) is 11.9 Å². The normalized spacial score (nSPS) is 15.3. The van der Waals surface area contributed by atoms with E-state index in [0.29, 0.717) is 13.1 Å². The molecule has 1 fully saturated rings. The van der Waals surface area contributed by atoms with Crippen molar-refractivity contribution < 1.29 is 9.53 Å². The zero-order valence-electron chi connectivity index (χ0n) is 13.7. The predicted octanol–water partition coefficient (Wildman–Crippen LogP) is 0.252. The number of nitrogens with zero attached hydrogens (tertiary/aromatic N) is 4. The van der Waals surface area contributed by atoms with Gasteiger partial charge in [0.25, 0.3) is 0 Å². The second kappa shape index (κ2) is 7.78. The maximum Gasteiger partial charge on any atom is 0.234 e. The van der Waals surface area contributed by atoms with Gasteiger partial charge in [-0.1, -0.05) is 18.2 Å². The predicted molar refractivity (Wildman–Crippen MR) is 89.9 cm³/mol. The molecule has 1 aromatic carbocycles. The molecule has 8 heteroatoms. The van der Waals surface area contributed by atoms with E-state index >= 15 is 0 Å². The number of rotatable bonds is 6. The van der Waals surface area contributed by atoms with Crippen molar-refractivity contribution in [2.75, 3.05) is 44.7 Å². The van der Waals surface area contributed by atoms with Gasteiger partial charge in [0.05, 0.1) is 13.7 Å². The van der Waals surface area contributed by atoms with Gasteiger partial charge >= 0.3 is 0 Å². The number of carbonyl (C=O) groups excluding carboxylic acids is 1. The number of methoxy groups -OCH3 is 1. The van der Waals surface area contributed by atoms with E-state index in [2.05, 4.69) is 30.3 Å². The van der Waals surface area contributed by atoms with Crippen LogP contribution in [0, 0.1) is 0 Å². The van der Waals surface area contributed by atoms with Gasteiger partial charge in [-0.25, -0.2) is 5.10 Å². The molecule has 0 atom stereocenters. The number of aromatic amines is 1. The molecule has 3 rings (SSSR count). The number of para-hydroxylation sites is 1. The average molecular weight is 330 g/mol. The highest BCUT2D eigenvalue weighted by atomic mass is 16.5. The highest BCUT2D eigenvalue weighted by molar-refractivity contribution is 5.78. The lowest BCUT2D eigenvalue weighted by Crippen LogP contribution is -2.49. The number of hydrogen-bond donors (Lipinski definition) is 2. The molecule has 0 spiro atoms. The third-order valence-electron chi connectivity index (χ3n) is 4.11. The van der Waals surface area contributed by atoms with Crippen molar-refractivity contribution in [2.24, 2.45) is 0 Å². The summed E-state index contributed by atoms with van der Waals surface area (Å²) in [5.74, 6) is 1.60. The van der Waals surface area contributed by atoms with Crippen molar-refractivity contribution in [1.29, 1.82) is 0 Å². The lowest BCUT2D eigenvalue weighted by Gasteiger charge is -2.33. The molecule has 0 bridgehead atoms. The highest BCUT2D eigenvalue weighted by Crippen LogP contribution is 2.16. The Morgan fingerprint density at radius 2 is 2.08 bits per heavy atom. The molecule has 0 aliphatic carbocycles. The van der Waals surface area contributed by atoms with E-state index in [9.17, 15) is 4.79 Å². The Balaban J connectivity index is 1.43. The van der Waals surface area contributed by atoms with Crippen molar-refractivity contribution >= 4 is 11.9 Å². The monoisotopic (exact) mass is 330 g/mol. The fourth-order valence-corrected chi connectivity index (χ4v) is 2.77. The summed E-state index contributed by atoms with van der Waals surface area (Å²) in [5.41, 5.74) is 0.975. The van der Waals surface area contributed by atoms with Crippen LogP contribution in [-0.2, 0) is 11.3 Å². The van der Waals surface area contributed by atoms with Gasteiger partial charge in [-0.3, -0.25) is 9.69 Å². The van der Waals surface area contributed by atoms with Crippen LogP contribution < -0.4 is 15.0 Å². The fraction of sp³-hybridized carbons (Fsp3) is 0.438. The third-order valence-corrected chi connectivity index (χ3v) is 4.11. The lowest BCUT2D eigenvalue weighted by atomic mass is 10.2. The summed E-state index contributed by atoms with van der Waals surface area (Å²) >= 11 is 0. The van der Waals surface area contributed by atoms with Crippen LogP contribution >= 0.6 is 0 Å². The maximum absolute atomic E-state index is 12.2. The van der Waals surface area contributed by atoms with Crippen LogP contribution in [0.25, 0.3) is 0 Å². The van der Waals surface area contributed by atoms with Crippen LogP contribution in [0.5, 0.6) is 5.75 Å². The van der Waals surface area contributed by atoms with Crippen molar-refractivity contribution in [3.63, 3.8) is 0 Å². The third kappa shape index (κ3) is 4.02. The van der Waals surface area contributed by atoms with E-state index in [4.69, 9.17) is 4.74 Å². The van der Waals surface area contributed by atoms with Gasteiger partial charge < -0.3 is 15.0 Å². The molecule has 1 saturated heterocycles. The first-order valence-corrected chi connectivity index (χ1v) is 7.97. The van der Waals surface area contributed by atoms with Gasteiger partial charge in [-0.15, -0.1) is 0 Å². The number of nitrogens with one attached hydrogen (secondary N) is 2. The Kier molecular flexibility index (Phi) is 5.27. The summed E-state index contributed by atoms with van der Waals surface area (Å²) in [6.07, 6.45) is 1.51. The van der Waals surface area contributed by atoms with E-state index in [0.717, 1.165) is 43.4 Å². The molecule has 1 aromatic heterocycles. The SMILES string of the molecule is COc1ccccc1CNC(=O)CN1CCN(c2ncn[nH]2)CC1. The summed E-state index contributed by atoms with van der Waals surface area (Å²) in [6, 6.07) is 7.70. The number of aromatic nitrogens is 3. The summed E-state index contributed by atoms with van der Waals surface area (Å²) in [4.78, 5) is 20.6. The zero-order chi connectivity index (χ0) is 16.8. The Hall–Kier alpha value is -2.61. The standard InChI is InChI=1S/C16H22N6O2/c1-24-14-5-3-2-4-13(14)10-17-15(23)11-21-6-8-22(9-7-21)16-18-12-19-20-16/h2-5,12H,6-11H2,1H3,(H,17,23)(H,18,19,20). The molecule has 128 valence electrons. The van der Waals surface area contributed by atoms with Gasteiger partial charge in [0.15, 0.2) is 0 Å². The van der Waals surface area contributed by atoms with Gasteiger partial charge in [0, 0.05) is 38.3 Å². The molecule has 8 nitrogen and oxygen atoms in total. The molecule has 1 amide bonds. The molecular formula is C16H22N6O2. The quantitative estimate of drug-likeness (QED) is 0.790. The number of ether oxygens (including phenoxy) is 1. The van der Waals surface area contributed by atoms with E-state index in [1.54, 1.807) is 7.11 Å². The number of H-pyrrole nitrogens is 1. The molecule has 1 aliphatic heterocycles. The van der Waals surface area contributed by atoms with Crippen LogP contribution in [0.2, 0.25) is 0 Å². The lowest BCUT2D eigenvalue weighted by molar-refractivity contribution is -0.122. The summed E-state index contributed by atoms with van der Waals surface area (Å²) in [6.45, 7) is 4.18. The first-order valence-electron chi connectivity index (χ1n) is 7.97. The Bertz CT molecular complexity index is 652. The number of amides is 1. The minimum absolute atomic E-state index is 0.0222. The van der Waals surface area contributed by atoms with Gasteiger partial charge in [0.1, 0.15) is 12.1 Å². The second-order valence-corrected chi connectivity index (χ2v) is 5.66. The molecule has 24 heavy (non-hydrogen) atoms. The van der Waals surface area contributed by atoms with E-state index in [1.807, 2.05) is 24.3 Å². The fourth-order valence-electron chi connectivity index (χ4n) is 2.77. The first kappa shape index (κ1) is 16.3. The van der Waals surface area contributed by atoms with Gasteiger partial charge in [-0.2, -0.15) is 10.1 Å². The molecule has 2 aromatic rings. The second-order valence-electron chi connectivity index (χ2n) is 5.66. The number of anilines is 1. The van der Waals surface area contributed by atoms with Crippen LogP contribution in [-0.4, -0.2) is 65.8 Å². The van der Waals surface area contributed by atoms with Crippen molar-refractivity contribution in [3.8, 4) is 5.75 Å². The minimum Gasteiger partial charge on any atom is -0.496 e. The van der Waals surface area contributed by atoms with Crippen molar-refractivity contribution in [1.82, 2.24) is 25.4 Å². The Morgan fingerprint density at radius 3 is 2.79 bits per heavy atom. The molecule has 0 unspecified atom stereocenters. The Morgan fingerprint density at radius 1 is 1.29 bits per heavy atom. The summed E-state index contributed by atoms with van der Waals surface area (Å²) in [7, 11) is 1.63. The van der Waals surface area contributed by atoms with Gasteiger partial charge in [-0.05, 0) is 6.07 Å². The number of carbonyl (C=O) groups is 1. The molecular weight excluding hydrogens is 308 g/mol. The zero-order valence-corrected chi connectivity index (χ0v) is 13.7. The van der Waals surface area contributed by atoms with Crippen LogP contribution in [0.3, 0.4) is 0 Å². The van der Waals surface area contributed by atoms with E-state index in [1.165, 1.54) is 6.33 Å². The number of piperazine rings is 1. The summed E-state index contributed by atoms with van der Waals surface area (Å²) < 4.78 is 5.29. The number of hydrogen-bond acceptors (Lipinski definition) is 6. The average Bonchev–Trinajstić information content (AvgIpc) is 3.15. The van der Waals surface area contributed by atoms with Crippen LogP contribution in [0.1, 0.15) is 5.56 Å². The van der Waals surface area contributed by atoms with Crippen molar-refractivity contribution in [3.05, 3.63) is 36.2 Å². The van der Waals surface area contributed by atoms with E-state index in [-0.39, 0.29) is 5.91 Å². The number of benzene rings is 1. The molecule has 2 heterocycles. The maximum atomic E-state index is 12.2. The van der Waals surface area contributed by atoms with Crippen LogP contribution in [0.15, 0.2) is 30.6 Å². The minimum atomic E-state index is 0.0222. The largest absolute Gasteiger partial charge is 0.496 e. The topological polar surface area (TPSA) is 86.4 Å². The van der Waals surface area contributed by atoms with Crippen LogP contribution in [0.4, 0.5) is 5.95 Å². The molecule has 2 N–H and O–H groups in total. The smallest absolute Gasteiger partial charge is 0.234 e. The molecule has 1 aliphatic rings.